The van der Waals surface area contributed by atoms with E-state index in [0.29, 0.717) is 11.3 Å². The molecule has 0 aliphatic carbocycles. The highest BCUT2D eigenvalue weighted by Crippen LogP contribution is 2.17. The molecule has 1 rings (SSSR count). The van der Waals surface area contributed by atoms with E-state index in [-0.39, 0.29) is 21.9 Å². The van der Waals surface area contributed by atoms with Crippen LogP contribution in [0, 0.1) is 0 Å². The minimum Gasteiger partial charge on any atom is -0.337 e. The van der Waals surface area contributed by atoms with Gasteiger partial charge < -0.3 is 5.32 Å². The normalized spacial score (nSPS) is 11.1. The molecule has 0 unspecified atom stereocenters. The summed E-state index contributed by atoms with van der Waals surface area (Å²) in [6.45, 7) is 0.286. The zero-order chi connectivity index (χ0) is 12.2. The van der Waals surface area contributed by atoms with Crippen molar-refractivity contribution in [3.05, 3.63) is 0 Å². The van der Waals surface area contributed by atoms with Crippen molar-refractivity contribution in [2.45, 2.75) is 4.34 Å². The molecule has 0 aliphatic heterocycles. The number of nitrogens with one attached hydrogen (secondary N) is 2. The first kappa shape index (κ1) is 13.1. The molecule has 1 aromatic heterocycles. The van der Waals surface area contributed by atoms with Crippen molar-refractivity contribution in [2.75, 3.05) is 17.7 Å². The fourth-order valence-electron chi connectivity index (χ4n) is 0.677. The predicted molar refractivity (Wildman–Crippen MR) is 59.0 cm³/mol. The van der Waals surface area contributed by atoms with E-state index in [0.717, 1.165) is 0 Å². The topological polar surface area (TPSA) is 127 Å². The van der Waals surface area contributed by atoms with Gasteiger partial charge in [0.15, 0.2) is 0 Å². The maximum absolute atomic E-state index is 11.1. The van der Waals surface area contributed by atoms with Gasteiger partial charge in [0.25, 0.3) is 10.0 Å². The molecule has 0 radical (unpaired) electrons. The number of rotatable bonds is 4. The van der Waals surface area contributed by atoms with Gasteiger partial charge in [-0.05, 0) is 0 Å². The Hall–Kier alpha value is -0.970. The average Bonchev–Trinajstić information content (AvgIpc) is 2.62. The van der Waals surface area contributed by atoms with Gasteiger partial charge >= 0.3 is 6.03 Å². The third kappa shape index (κ3) is 3.89. The Morgan fingerprint density at radius 3 is 2.69 bits per heavy atom. The van der Waals surface area contributed by atoms with Crippen LogP contribution in [-0.2, 0) is 10.0 Å². The Morgan fingerprint density at radius 1 is 1.50 bits per heavy atom. The van der Waals surface area contributed by atoms with E-state index in [1.54, 1.807) is 0 Å². The van der Waals surface area contributed by atoms with Crippen LogP contribution in [0.2, 0.25) is 0 Å². The van der Waals surface area contributed by atoms with E-state index in [1.165, 1.54) is 0 Å². The molecule has 0 atom stereocenters. The second-order valence-electron chi connectivity index (χ2n) is 2.49. The van der Waals surface area contributed by atoms with E-state index >= 15 is 0 Å². The van der Waals surface area contributed by atoms with Crippen LogP contribution in [0.25, 0.3) is 0 Å². The molecule has 90 valence electrons. The van der Waals surface area contributed by atoms with Crippen LogP contribution < -0.4 is 15.8 Å². The van der Waals surface area contributed by atoms with Crippen molar-refractivity contribution in [3.63, 3.8) is 0 Å². The minimum absolute atomic E-state index is 0.0381. The van der Waals surface area contributed by atoms with E-state index < -0.39 is 16.1 Å². The van der Waals surface area contributed by atoms with Crippen molar-refractivity contribution in [1.29, 1.82) is 0 Å². The van der Waals surface area contributed by atoms with Crippen LogP contribution in [-0.4, -0.2) is 37.1 Å². The summed E-state index contributed by atoms with van der Waals surface area (Å²) >= 11 is 6.01. The lowest BCUT2D eigenvalue weighted by atomic mass is 10.7. The third-order valence-corrected chi connectivity index (χ3v) is 3.59. The molecule has 1 heterocycles. The number of carbonyl (C=O) groups excluding carboxylic acids is 1. The van der Waals surface area contributed by atoms with Crippen molar-refractivity contribution >= 4 is 44.1 Å². The van der Waals surface area contributed by atoms with Gasteiger partial charge in [-0.1, -0.05) is 11.3 Å². The Morgan fingerprint density at radius 2 is 2.19 bits per heavy atom. The third-order valence-electron chi connectivity index (χ3n) is 1.25. The molecule has 2 amide bonds. The summed E-state index contributed by atoms with van der Waals surface area (Å²) in [4.78, 5) is 11.1. The Bertz CT molecular complexity index is 472. The molecule has 4 N–H and O–H groups in total. The lowest BCUT2D eigenvalue weighted by molar-refractivity contribution is 0.252. The van der Waals surface area contributed by atoms with Gasteiger partial charge in [0.2, 0.25) is 9.47 Å². The number of anilines is 1. The number of alkyl halides is 1. The van der Waals surface area contributed by atoms with Crippen LogP contribution in [0.1, 0.15) is 0 Å². The molecule has 0 saturated carbocycles. The fraction of sp³-hybridized carbons (Fsp3) is 0.400. The van der Waals surface area contributed by atoms with Crippen molar-refractivity contribution in [2.24, 2.45) is 5.14 Å². The average molecular weight is 286 g/mol. The molecule has 11 heteroatoms. The number of nitrogens with zero attached hydrogens (tertiary/aromatic N) is 2. The predicted octanol–water partition coefficient (Wildman–Crippen LogP) is -0.454. The first-order valence-electron chi connectivity index (χ1n) is 3.90. The number of sulfonamides is 1. The van der Waals surface area contributed by atoms with Crippen LogP contribution >= 0.6 is 22.9 Å². The number of urea groups is 1. The van der Waals surface area contributed by atoms with E-state index in [2.05, 4.69) is 20.8 Å². The van der Waals surface area contributed by atoms with Crippen molar-refractivity contribution < 1.29 is 13.2 Å². The van der Waals surface area contributed by atoms with Crippen LogP contribution in [0.4, 0.5) is 9.93 Å². The summed E-state index contributed by atoms with van der Waals surface area (Å²) in [6.07, 6.45) is 0. The summed E-state index contributed by atoms with van der Waals surface area (Å²) in [5.41, 5.74) is 0. The number of aromatic nitrogens is 2. The number of nitrogens with two attached hydrogens (primary N) is 1. The molecule has 0 aliphatic rings. The summed E-state index contributed by atoms with van der Waals surface area (Å²) in [5.74, 6) is 0.270. The zero-order valence-electron chi connectivity index (χ0n) is 7.81. The summed E-state index contributed by atoms with van der Waals surface area (Å²) in [7, 11) is -3.88. The highest BCUT2D eigenvalue weighted by atomic mass is 35.5. The van der Waals surface area contributed by atoms with Gasteiger partial charge in [0.1, 0.15) is 0 Å². The molecule has 1 aromatic rings. The number of carbonyl (C=O) groups is 1. The molecule has 0 spiro atoms. The van der Waals surface area contributed by atoms with Crippen LogP contribution in [0.3, 0.4) is 0 Å². The molecule has 8 nitrogen and oxygen atoms in total. The lowest BCUT2D eigenvalue weighted by Crippen LogP contribution is -2.30. The Labute approximate surface area is 100 Å². The summed E-state index contributed by atoms with van der Waals surface area (Å²) in [5, 5.41) is 16.3. The molecule has 16 heavy (non-hydrogen) atoms. The number of hydrogen-bond acceptors (Lipinski definition) is 6. The number of halogens is 1. The smallest absolute Gasteiger partial charge is 0.321 e. The fourth-order valence-corrected chi connectivity index (χ4v) is 2.10. The molecule has 0 saturated heterocycles. The maximum atomic E-state index is 11.1. The number of hydrogen-bond donors (Lipinski definition) is 3. The standard InChI is InChI=1S/C5H8ClN5O3S2/c6-1-2-8-3(12)9-4-10-11-5(15-4)16(7,13)14/h1-2H2,(H2,7,13,14)(H2,8,9,10,12). The van der Waals surface area contributed by atoms with Crippen LogP contribution in [0.5, 0.6) is 0 Å². The van der Waals surface area contributed by atoms with Crippen molar-refractivity contribution in [3.8, 4) is 0 Å². The van der Waals surface area contributed by atoms with Crippen molar-refractivity contribution in [1.82, 2.24) is 15.5 Å². The van der Waals surface area contributed by atoms with Gasteiger partial charge in [-0.25, -0.2) is 18.4 Å². The second-order valence-corrected chi connectivity index (χ2v) is 5.58. The lowest BCUT2D eigenvalue weighted by Gasteiger charge is -2.01. The molecular formula is C5H8ClN5O3S2. The van der Waals surface area contributed by atoms with Crippen LogP contribution in [0.15, 0.2) is 4.34 Å². The first-order valence-corrected chi connectivity index (χ1v) is 6.80. The monoisotopic (exact) mass is 285 g/mol. The minimum atomic E-state index is -3.88. The van der Waals surface area contributed by atoms with Gasteiger partial charge in [0, 0.05) is 12.4 Å². The van der Waals surface area contributed by atoms with E-state index in [4.69, 9.17) is 16.7 Å². The molecular weight excluding hydrogens is 278 g/mol. The highest BCUT2D eigenvalue weighted by molar-refractivity contribution is 7.91. The molecule has 0 bridgehead atoms. The summed E-state index contributed by atoms with van der Waals surface area (Å²) < 4.78 is 21.3. The van der Waals surface area contributed by atoms with Gasteiger partial charge in [-0.3, -0.25) is 5.32 Å². The first-order chi connectivity index (χ1) is 7.43. The maximum Gasteiger partial charge on any atom is 0.321 e. The van der Waals surface area contributed by atoms with Gasteiger partial charge in [-0.2, -0.15) is 0 Å². The van der Waals surface area contributed by atoms with Gasteiger partial charge in [-0.15, -0.1) is 21.8 Å². The largest absolute Gasteiger partial charge is 0.337 e. The second kappa shape index (κ2) is 5.39. The molecule has 0 fully saturated rings. The zero-order valence-corrected chi connectivity index (χ0v) is 10.2. The molecule has 0 aromatic carbocycles. The quantitative estimate of drug-likeness (QED) is 0.510. The number of primary sulfonamides is 1. The van der Waals surface area contributed by atoms with E-state index in [9.17, 15) is 13.2 Å². The highest BCUT2D eigenvalue weighted by Gasteiger charge is 2.15. The van der Waals surface area contributed by atoms with Gasteiger partial charge in [0.05, 0.1) is 0 Å². The summed E-state index contributed by atoms with van der Waals surface area (Å²) in [6, 6.07) is -0.544. The SMILES string of the molecule is NS(=O)(=O)c1nnc(NC(=O)NCCCl)s1. The Balaban J connectivity index is 2.63. The Kier molecular flexibility index (Phi) is 4.41. The van der Waals surface area contributed by atoms with E-state index in [1.807, 2.05) is 0 Å². The number of amides is 2.